The Morgan fingerprint density at radius 1 is 1.07 bits per heavy atom. The number of tetrazole rings is 1. The van der Waals surface area contributed by atoms with Gasteiger partial charge in [-0.15, -0.1) is 5.10 Å². The highest BCUT2D eigenvalue weighted by Gasteiger charge is 2.34. The lowest BCUT2D eigenvalue weighted by molar-refractivity contribution is 0.256. The minimum atomic E-state index is -0.207. The second-order valence-corrected chi connectivity index (χ2v) is 8.66. The zero-order chi connectivity index (χ0) is 20.0. The van der Waals surface area contributed by atoms with Crippen molar-refractivity contribution in [3.8, 4) is 0 Å². The number of nitrogens with one attached hydrogen (secondary N) is 1. The van der Waals surface area contributed by atoms with Gasteiger partial charge in [0.15, 0.2) is 5.82 Å². The molecule has 3 aromatic rings. The van der Waals surface area contributed by atoms with Gasteiger partial charge in [-0.25, -0.2) is 4.68 Å². The Labute approximate surface area is 170 Å². The fourth-order valence-corrected chi connectivity index (χ4v) is 5.18. The second kappa shape index (κ2) is 7.37. The van der Waals surface area contributed by atoms with Crippen LogP contribution in [-0.4, -0.2) is 43.2 Å². The van der Waals surface area contributed by atoms with E-state index in [0.29, 0.717) is 6.04 Å². The molecule has 2 fully saturated rings. The molecule has 2 aromatic heterocycles. The molecule has 1 aliphatic carbocycles. The van der Waals surface area contributed by atoms with E-state index in [0.717, 1.165) is 66.6 Å². The monoisotopic (exact) mass is 392 g/mol. The summed E-state index contributed by atoms with van der Waals surface area (Å²) in [6.45, 7) is 6.09. The number of likely N-dealkylation sites (tertiary alicyclic amines) is 1. The molecule has 152 valence electrons. The molecular formula is C22H28N6O. The number of hydrogen-bond donors (Lipinski definition) is 1. The van der Waals surface area contributed by atoms with Crippen molar-refractivity contribution < 1.29 is 0 Å². The summed E-state index contributed by atoms with van der Waals surface area (Å²) >= 11 is 0. The third-order valence-electron chi connectivity index (χ3n) is 6.58. The summed E-state index contributed by atoms with van der Waals surface area (Å²) in [6.07, 6.45) is 6.94. The summed E-state index contributed by atoms with van der Waals surface area (Å²) in [7, 11) is 0. The third-order valence-corrected chi connectivity index (χ3v) is 6.58. The van der Waals surface area contributed by atoms with E-state index in [1.807, 2.05) is 10.7 Å². The maximum absolute atomic E-state index is 13.2. The van der Waals surface area contributed by atoms with Crippen molar-refractivity contribution in [3.05, 3.63) is 51.1 Å². The standard InChI is InChI=1S/C22H28N6O/c1-14-11-15(2)17-13-18(22(29)23-19(17)12-14)20(27-9-5-6-10-27)21-24-25-26-28(21)16-7-3-4-8-16/h11-13,16,20H,3-10H2,1-2H3,(H,23,29)/t20-/m0/s1. The molecule has 0 spiro atoms. The number of benzene rings is 1. The Kier molecular flexibility index (Phi) is 4.70. The predicted octanol–water partition coefficient (Wildman–Crippen LogP) is 3.43. The lowest BCUT2D eigenvalue weighted by Gasteiger charge is -2.27. The zero-order valence-corrected chi connectivity index (χ0v) is 17.2. The molecule has 1 saturated heterocycles. The summed E-state index contributed by atoms with van der Waals surface area (Å²) < 4.78 is 2.00. The van der Waals surface area contributed by atoms with E-state index in [1.165, 1.54) is 18.4 Å². The van der Waals surface area contributed by atoms with Gasteiger partial charge < -0.3 is 4.98 Å². The number of H-pyrrole nitrogens is 1. The van der Waals surface area contributed by atoms with Crippen LogP contribution in [0.4, 0.5) is 0 Å². The number of hydrogen-bond acceptors (Lipinski definition) is 5. The highest BCUT2D eigenvalue weighted by Crippen LogP contribution is 2.35. The fraction of sp³-hybridized carbons (Fsp3) is 0.545. The number of aromatic nitrogens is 5. The summed E-state index contributed by atoms with van der Waals surface area (Å²) in [5.74, 6) is 0.813. The average molecular weight is 393 g/mol. The van der Waals surface area contributed by atoms with Gasteiger partial charge in [0.05, 0.1) is 6.04 Å². The van der Waals surface area contributed by atoms with E-state index in [9.17, 15) is 4.79 Å². The zero-order valence-electron chi connectivity index (χ0n) is 17.2. The van der Waals surface area contributed by atoms with Crippen LogP contribution in [0.3, 0.4) is 0 Å². The van der Waals surface area contributed by atoms with Crippen molar-refractivity contribution in [3.63, 3.8) is 0 Å². The normalized spacial score (nSPS) is 19.4. The van der Waals surface area contributed by atoms with Crippen molar-refractivity contribution in [2.24, 2.45) is 0 Å². The first-order chi connectivity index (χ1) is 14.1. The topological polar surface area (TPSA) is 79.7 Å². The minimum Gasteiger partial charge on any atom is -0.322 e. The molecule has 1 atom stereocenters. The van der Waals surface area contributed by atoms with Gasteiger partial charge in [0, 0.05) is 16.5 Å². The maximum Gasteiger partial charge on any atom is 0.253 e. The second-order valence-electron chi connectivity index (χ2n) is 8.66. The van der Waals surface area contributed by atoms with E-state index in [-0.39, 0.29) is 11.6 Å². The first-order valence-electron chi connectivity index (χ1n) is 10.8. The first-order valence-corrected chi connectivity index (χ1v) is 10.8. The number of aryl methyl sites for hydroxylation is 2. The SMILES string of the molecule is Cc1cc(C)c2cc([C@@H](c3nnnn3C3CCCC3)N3CCCC3)c(=O)[nH]c2c1. The molecule has 1 aliphatic heterocycles. The molecule has 2 aliphatic rings. The summed E-state index contributed by atoms with van der Waals surface area (Å²) in [6, 6.07) is 6.41. The Balaban J connectivity index is 1.68. The van der Waals surface area contributed by atoms with Crippen molar-refractivity contribution in [2.75, 3.05) is 13.1 Å². The number of rotatable bonds is 4. The van der Waals surface area contributed by atoms with Gasteiger partial charge in [-0.2, -0.15) is 0 Å². The maximum atomic E-state index is 13.2. The molecule has 1 saturated carbocycles. The van der Waals surface area contributed by atoms with Crippen molar-refractivity contribution in [2.45, 2.75) is 64.5 Å². The van der Waals surface area contributed by atoms with Crippen LogP contribution in [0.2, 0.25) is 0 Å². The van der Waals surface area contributed by atoms with Crippen molar-refractivity contribution >= 4 is 10.9 Å². The van der Waals surface area contributed by atoms with Crippen LogP contribution < -0.4 is 5.56 Å². The highest BCUT2D eigenvalue weighted by atomic mass is 16.1. The lowest BCUT2D eigenvalue weighted by atomic mass is 10.00. The summed E-state index contributed by atoms with van der Waals surface area (Å²) in [4.78, 5) is 18.7. The molecule has 1 N–H and O–H groups in total. The number of nitrogens with zero attached hydrogens (tertiary/aromatic N) is 5. The van der Waals surface area contributed by atoms with Gasteiger partial charge in [0.2, 0.25) is 0 Å². The van der Waals surface area contributed by atoms with Crippen LogP contribution >= 0.6 is 0 Å². The molecule has 1 aromatic carbocycles. The Hall–Kier alpha value is -2.54. The van der Waals surface area contributed by atoms with Crippen molar-refractivity contribution in [1.29, 1.82) is 0 Å². The van der Waals surface area contributed by atoms with Crippen LogP contribution in [0.25, 0.3) is 10.9 Å². The molecule has 0 amide bonds. The van der Waals surface area contributed by atoms with Gasteiger partial charge >= 0.3 is 0 Å². The fourth-order valence-electron chi connectivity index (χ4n) is 5.18. The van der Waals surface area contributed by atoms with Gasteiger partial charge in [-0.05, 0) is 86.3 Å². The smallest absolute Gasteiger partial charge is 0.253 e. The molecule has 29 heavy (non-hydrogen) atoms. The van der Waals surface area contributed by atoms with Gasteiger partial charge in [0.25, 0.3) is 5.56 Å². The van der Waals surface area contributed by atoms with E-state index in [2.05, 4.69) is 51.4 Å². The van der Waals surface area contributed by atoms with Crippen LogP contribution in [0.1, 0.15) is 73.1 Å². The molecular weight excluding hydrogens is 364 g/mol. The number of aromatic amines is 1. The van der Waals surface area contributed by atoms with Gasteiger partial charge in [-0.3, -0.25) is 9.69 Å². The van der Waals surface area contributed by atoms with E-state index in [1.54, 1.807) is 0 Å². The molecule has 0 radical (unpaired) electrons. The van der Waals surface area contributed by atoms with Gasteiger partial charge in [-0.1, -0.05) is 18.9 Å². The molecule has 3 heterocycles. The van der Waals surface area contributed by atoms with E-state index < -0.39 is 0 Å². The summed E-state index contributed by atoms with van der Waals surface area (Å²) in [5, 5.41) is 13.9. The van der Waals surface area contributed by atoms with Crippen LogP contribution in [0.15, 0.2) is 23.0 Å². The Morgan fingerprint density at radius 2 is 1.83 bits per heavy atom. The molecule has 0 unspecified atom stereocenters. The Bertz CT molecular complexity index is 1090. The number of pyridine rings is 1. The third kappa shape index (κ3) is 3.27. The Morgan fingerprint density at radius 3 is 2.59 bits per heavy atom. The first kappa shape index (κ1) is 18.5. The van der Waals surface area contributed by atoms with Crippen LogP contribution in [0.5, 0.6) is 0 Å². The number of fused-ring (bicyclic) bond motifs is 1. The average Bonchev–Trinajstić information content (AvgIpc) is 3.45. The van der Waals surface area contributed by atoms with E-state index in [4.69, 9.17) is 0 Å². The van der Waals surface area contributed by atoms with Crippen molar-refractivity contribution in [1.82, 2.24) is 30.1 Å². The molecule has 0 bridgehead atoms. The van der Waals surface area contributed by atoms with Gasteiger partial charge in [0.1, 0.15) is 6.04 Å². The highest BCUT2D eigenvalue weighted by molar-refractivity contribution is 5.83. The lowest BCUT2D eigenvalue weighted by Crippen LogP contribution is -2.34. The molecule has 7 nitrogen and oxygen atoms in total. The van der Waals surface area contributed by atoms with E-state index >= 15 is 0 Å². The largest absolute Gasteiger partial charge is 0.322 e. The van der Waals surface area contributed by atoms with Crippen LogP contribution in [-0.2, 0) is 0 Å². The predicted molar refractivity (Wildman–Crippen MR) is 112 cm³/mol. The molecule has 7 heteroatoms. The van der Waals surface area contributed by atoms with Crippen LogP contribution in [0, 0.1) is 13.8 Å². The summed E-state index contributed by atoms with van der Waals surface area (Å²) in [5.41, 5.74) is 3.93. The molecule has 5 rings (SSSR count). The quantitative estimate of drug-likeness (QED) is 0.736. The minimum absolute atomic E-state index is 0.0413.